The Morgan fingerprint density at radius 1 is 0.692 bits per heavy atom. The first-order valence-corrected chi connectivity index (χ1v) is 17.0. The van der Waals surface area contributed by atoms with Gasteiger partial charge in [0, 0.05) is 19.4 Å². The normalized spacial score (nSPS) is 13.6. The SMILES string of the molecule is CCCCCCCCCCCCCCCCCCC(=O)OCC(O)COP(=O)(O)OCCNC(=O)CCCC. The molecule has 1 amide bonds. The monoisotopic (exact) mass is 579 g/mol. The first kappa shape index (κ1) is 38.0. The number of aliphatic hydroxyl groups excluding tert-OH is 1. The van der Waals surface area contributed by atoms with E-state index >= 15 is 0 Å². The fourth-order valence-corrected chi connectivity index (χ4v) is 4.88. The third-order valence-electron chi connectivity index (χ3n) is 6.54. The second kappa shape index (κ2) is 27.2. The average molecular weight is 580 g/mol. The van der Waals surface area contributed by atoms with E-state index in [0.717, 1.165) is 32.1 Å². The van der Waals surface area contributed by atoms with Crippen LogP contribution in [0.4, 0.5) is 0 Å². The molecule has 232 valence electrons. The van der Waals surface area contributed by atoms with Gasteiger partial charge in [-0.05, 0) is 12.8 Å². The highest BCUT2D eigenvalue weighted by Gasteiger charge is 2.23. The van der Waals surface area contributed by atoms with Crippen LogP contribution >= 0.6 is 7.82 Å². The molecule has 0 aliphatic rings. The van der Waals surface area contributed by atoms with E-state index in [2.05, 4.69) is 12.2 Å². The second-order valence-corrected chi connectivity index (χ2v) is 11.9. The lowest BCUT2D eigenvalue weighted by Gasteiger charge is -2.15. The summed E-state index contributed by atoms with van der Waals surface area (Å²) in [5.41, 5.74) is 0. The van der Waals surface area contributed by atoms with Gasteiger partial charge in [-0.3, -0.25) is 18.6 Å². The average Bonchev–Trinajstić information content (AvgIpc) is 2.91. The van der Waals surface area contributed by atoms with E-state index in [1.54, 1.807) is 0 Å². The quantitative estimate of drug-likeness (QED) is 0.0491. The first-order chi connectivity index (χ1) is 18.8. The summed E-state index contributed by atoms with van der Waals surface area (Å²) in [7, 11) is -4.37. The number of hydrogen-bond donors (Lipinski definition) is 3. The van der Waals surface area contributed by atoms with Crippen molar-refractivity contribution in [2.45, 2.75) is 148 Å². The molecule has 0 saturated carbocycles. The summed E-state index contributed by atoms with van der Waals surface area (Å²) < 4.78 is 26.3. The van der Waals surface area contributed by atoms with Crippen LogP contribution in [0.2, 0.25) is 0 Å². The van der Waals surface area contributed by atoms with Crippen LogP contribution < -0.4 is 5.32 Å². The number of aliphatic hydroxyl groups is 1. The number of rotatable bonds is 29. The number of phosphoric acid groups is 1. The van der Waals surface area contributed by atoms with Gasteiger partial charge in [-0.1, -0.05) is 117 Å². The van der Waals surface area contributed by atoms with Crippen LogP contribution in [0.3, 0.4) is 0 Å². The molecule has 0 bridgehead atoms. The van der Waals surface area contributed by atoms with Crippen molar-refractivity contribution < 1.29 is 37.9 Å². The summed E-state index contributed by atoms with van der Waals surface area (Å²) in [6.45, 7) is 3.29. The number of nitrogens with one attached hydrogen (secondary N) is 1. The van der Waals surface area contributed by atoms with Crippen LogP contribution in [0.25, 0.3) is 0 Å². The highest BCUT2D eigenvalue weighted by atomic mass is 31.2. The Kier molecular flexibility index (Phi) is 26.5. The number of carbonyl (C=O) groups excluding carboxylic acids is 2. The molecule has 9 nitrogen and oxygen atoms in total. The third kappa shape index (κ3) is 28.3. The molecule has 0 heterocycles. The van der Waals surface area contributed by atoms with Crippen molar-refractivity contribution in [3.05, 3.63) is 0 Å². The number of carbonyl (C=O) groups is 2. The molecule has 3 N–H and O–H groups in total. The Morgan fingerprint density at radius 3 is 1.69 bits per heavy atom. The summed E-state index contributed by atoms with van der Waals surface area (Å²) in [6.07, 6.45) is 21.4. The second-order valence-electron chi connectivity index (χ2n) is 10.4. The summed E-state index contributed by atoms with van der Waals surface area (Å²) in [5.74, 6) is -0.548. The minimum Gasteiger partial charge on any atom is -0.463 e. The van der Waals surface area contributed by atoms with Crippen LogP contribution in [0.1, 0.15) is 142 Å². The number of amides is 1. The van der Waals surface area contributed by atoms with Gasteiger partial charge in [0.25, 0.3) is 0 Å². The van der Waals surface area contributed by atoms with E-state index in [1.807, 2.05) is 6.92 Å². The molecule has 0 fully saturated rings. The predicted molar refractivity (Wildman–Crippen MR) is 155 cm³/mol. The smallest absolute Gasteiger partial charge is 0.463 e. The van der Waals surface area contributed by atoms with Crippen molar-refractivity contribution in [1.29, 1.82) is 0 Å². The molecule has 0 radical (unpaired) electrons. The maximum atomic E-state index is 11.9. The minimum atomic E-state index is -4.37. The Labute approximate surface area is 237 Å². The van der Waals surface area contributed by atoms with Crippen molar-refractivity contribution in [1.82, 2.24) is 5.32 Å². The summed E-state index contributed by atoms with van der Waals surface area (Å²) >= 11 is 0. The maximum absolute atomic E-state index is 11.9. The fourth-order valence-electron chi connectivity index (χ4n) is 4.12. The van der Waals surface area contributed by atoms with Gasteiger partial charge in [0.15, 0.2) is 0 Å². The Balaban J connectivity index is 3.54. The van der Waals surface area contributed by atoms with E-state index in [-0.39, 0.29) is 32.1 Å². The first-order valence-electron chi connectivity index (χ1n) is 15.5. The van der Waals surface area contributed by atoms with Gasteiger partial charge < -0.3 is 20.1 Å². The molecule has 0 aromatic rings. The van der Waals surface area contributed by atoms with Crippen LogP contribution in [0.5, 0.6) is 0 Å². The van der Waals surface area contributed by atoms with Gasteiger partial charge in [-0.15, -0.1) is 0 Å². The highest BCUT2D eigenvalue weighted by Crippen LogP contribution is 2.42. The van der Waals surface area contributed by atoms with E-state index in [9.17, 15) is 24.2 Å². The van der Waals surface area contributed by atoms with Crippen LogP contribution in [0.15, 0.2) is 0 Å². The van der Waals surface area contributed by atoms with Crippen molar-refractivity contribution in [2.24, 2.45) is 0 Å². The lowest BCUT2D eigenvalue weighted by atomic mass is 10.0. The molecule has 0 aliphatic carbocycles. The Morgan fingerprint density at radius 2 is 1.18 bits per heavy atom. The molecular formula is C29H58NO8P. The van der Waals surface area contributed by atoms with E-state index in [4.69, 9.17) is 13.8 Å². The topological polar surface area (TPSA) is 131 Å². The molecular weight excluding hydrogens is 521 g/mol. The van der Waals surface area contributed by atoms with Gasteiger partial charge in [0.2, 0.25) is 5.91 Å². The zero-order valence-electron chi connectivity index (χ0n) is 24.8. The van der Waals surface area contributed by atoms with Crippen molar-refractivity contribution >= 4 is 19.7 Å². The fraction of sp³-hybridized carbons (Fsp3) is 0.931. The summed E-state index contributed by atoms with van der Waals surface area (Å²) in [5, 5.41) is 12.4. The van der Waals surface area contributed by atoms with E-state index < -0.39 is 26.5 Å². The zero-order chi connectivity index (χ0) is 29.0. The van der Waals surface area contributed by atoms with Gasteiger partial charge in [0.05, 0.1) is 13.2 Å². The summed E-state index contributed by atoms with van der Waals surface area (Å²) in [6, 6.07) is 0. The van der Waals surface area contributed by atoms with Gasteiger partial charge in [-0.2, -0.15) is 0 Å². The van der Waals surface area contributed by atoms with Crippen molar-refractivity contribution in [3.8, 4) is 0 Å². The molecule has 0 spiro atoms. The molecule has 0 aromatic carbocycles. The number of ether oxygens (including phenoxy) is 1. The number of hydrogen-bond acceptors (Lipinski definition) is 7. The Bertz CT molecular complexity index is 634. The van der Waals surface area contributed by atoms with Gasteiger partial charge in [0.1, 0.15) is 12.7 Å². The molecule has 0 rings (SSSR count). The third-order valence-corrected chi connectivity index (χ3v) is 7.52. The van der Waals surface area contributed by atoms with Crippen LogP contribution in [0, 0.1) is 0 Å². The number of esters is 1. The largest absolute Gasteiger partial charge is 0.472 e. The molecule has 0 aromatic heterocycles. The van der Waals surface area contributed by atoms with Gasteiger partial charge >= 0.3 is 13.8 Å². The van der Waals surface area contributed by atoms with E-state index in [0.29, 0.717) is 6.42 Å². The van der Waals surface area contributed by atoms with E-state index in [1.165, 1.54) is 83.5 Å². The number of phosphoric ester groups is 1. The predicted octanol–water partition coefficient (Wildman–Crippen LogP) is 6.98. The van der Waals surface area contributed by atoms with Crippen molar-refractivity contribution in [3.63, 3.8) is 0 Å². The number of unbranched alkanes of at least 4 members (excludes halogenated alkanes) is 16. The molecule has 0 saturated heterocycles. The molecule has 10 heteroatoms. The van der Waals surface area contributed by atoms with Crippen molar-refractivity contribution in [2.75, 3.05) is 26.4 Å². The minimum absolute atomic E-state index is 0.0793. The molecule has 2 atom stereocenters. The lowest BCUT2D eigenvalue weighted by Crippen LogP contribution is -2.27. The summed E-state index contributed by atoms with van der Waals surface area (Å²) in [4.78, 5) is 33.0. The Hall–Kier alpha value is -0.990. The lowest BCUT2D eigenvalue weighted by molar-refractivity contribution is -0.147. The van der Waals surface area contributed by atoms with Crippen LogP contribution in [-0.4, -0.2) is 54.3 Å². The highest BCUT2D eigenvalue weighted by molar-refractivity contribution is 7.47. The molecule has 0 aliphatic heterocycles. The maximum Gasteiger partial charge on any atom is 0.472 e. The van der Waals surface area contributed by atoms with Crippen LogP contribution in [-0.2, 0) is 27.9 Å². The zero-order valence-corrected chi connectivity index (χ0v) is 25.7. The molecule has 2 unspecified atom stereocenters. The standard InChI is InChI=1S/C29H58NO8P/c1-3-5-7-8-9-10-11-12-13-14-15-16-17-18-19-20-22-29(33)36-25-27(31)26-38-39(34,35)37-24-23-30-28(32)21-6-4-2/h27,31H,3-26H2,1-2H3,(H,30,32)(H,34,35). The molecule has 39 heavy (non-hydrogen) atoms. The van der Waals surface area contributed by atoms with Gasteiger partial charge in [-0.25, -0.2) is 4.57 Å².